The van der Waals surface area contributed by atoms with Crippen molar-refractivity contribution in [1.29, 1.82) is 0 Å². The molecule has 0 spiro atoms. The van der Waals surface area contributed by atoms with Crippen molar-refractivity contribution < 1.29 is 19.1 Å². The minimum atomic E-state index is -0.558. The third-order valence-corrected chi connectivity index (χ3v) is 3.78. The summed E-state index contributed by atoms with van der Waals surface area (Å²) >= 11 is 6.10. The number of hydrogen-bond donors (Lipinski definition) is 0. The predicted molar refractivity (Wildman–Crippen MR) is 86.4 cm³/mol. The molecular formula is C17H14ClNO4. The van der Waals surface area contributed by atoms with Crippen molar-refractivity contribution in [3.63, 3.8) is 0 Å². The highest BCUT2D eigenvalue weighted by Crippen LogP contribution is 2.38. The number of ether oxygens (including phenoxy) is 2. The average molecular weight is 332 g/mol. The maximum atomic E-state index is 12.7. The van der Waals surface area contributed by atoms with Gasteiger partial charge in [0.1, 0.15) is 12.2 Å². The second-order valence-electron chi connectivity index (χ2n) is 4.96. The lowest BCUT2D eigenvalue weighted by molar-refractivity contribution is 0.0595. The van der Waals surface area contributed by atoms with E-state index < -0.39 is 5.97 Å². The van der Waals surface area contributed by atoms with Gasteiger partial charge >= 0.3 is 5.97 Å². The Kier molecular flexibility index (Phi) is 4.21. The molecule has 3 rings (SSSR count). The van der Waals surface area contributed by atoms with Crippen molar-refractivity contribution in [3.05, 3.63) is 58.6 Å². The van der Waals surface area contributed by atoms with Gasteiger partial charge in [0, 0.05) is 10.6 Å². The Hall–Kier alpha value is -2.53. The topological polar surface area (TPSA) is 55.8 Å². The number of carbonyl (C=O) groups is 2. The highest BCUT2D eigenvalue weighted by molar-refractivity contribution is 6.31. The zero-order valence-electron chi connectivity index (χ0n) is 12.4. The molecule has 0 bridgehead atoms. The van der Waals surface area contributed by atoms with Gasteiger partial charge in [0.05, 0.1) is 19.3 Å². The molecule has 0 saturated heterocycles. The van der Waals surface area contributed by atoms with Gasteiger partial charge < -0.3 is 14.4 Å². The molecular weight excluding hydrogens is 318 g/mol. The first-order chi connectivity index (χ1) is 11.1. The van der Waals surface area contributed by atoms with E-state index in [0.717, 1.165) is 0 Å². The summed E-state index contributed by atoms with van der Waals surface area (Å²) in [4.78, 5) is 26.2. The number of anilines is 1. The summed E-state index contributed by atoms with van der Waals surface area (Å²) < 4.78 is 10.4. The van der Waals surface area contributed by atoms with E-state index in [2.05, 4.69) is 0 Å². The van der Waals surface area contributed by atoms with Crippen LogP contribution < -0.4 is 9.64 Å². The molecule has 0 aliphatic carbocycles. The van der Waals surface area contributed by atoms with Crippen LogP contribution in [0.5, 0.6) is 5.75 Å². The molecule has 1 amide bonds. The van der Waals surface area contributed by atoms with Gasteiger partial charge in [-0.15, -0.1) is 0 Å². The van der Waals surface area contributed by atoms with Gasteiger partial charge in [0.25, 0.3) is 5.91 Å². The summed E-state index contributed by atoms with van der Waals surface area (Å²) in [6, 6.07) is 12.0. The highest BCUT2D eigenvalue weighted by atomic mass is 35.5. The lowest BCUT2D eigenvalue weighted by atomic mass is 10.1. The normalized spacial score (nSPS) is 13.0. The van der Waals surface area contributed by atoms with E-state index >= 15 is 0 Å². The third-order valence-electron chi connectivity index (χ3n) is 3.56. The lowest BCUT2D eigenvalue weighted by Crippen LogP contribution is -2.38. The van der Waals surface area contributed by atoms with Crippen LogP contribution in [0, 0.1) is 0 Å². The number of fused-ring (bicyclic) bond motifs is 1. The van der Waals surface area contributed by atoms with Crippen LogP contribution >= 0.6 is 11.6 Å². The number of amides is 1. The third kappa shape index (κ3) is 2.87. The summed E-state index contributed by atoms with van der Waals surface area (Å²) in [6.45, 7) is 0.666. The molecule has 0 fully saturated rings. The first-order valence-corrected chi connectivity index (χ1v) is 7.41. The summed E-state index contributed by atoms with van der Waals surface area (Å²) in [6.07, 6.45) is 0. The molecule has 1 aliphatic rings. The van der Waals surface area contributed by atoms with Crippen molar-refractivity contribution in [2.24, 2.45) is 0 Å². The first-order valence-electron chi connectivity index (χ1n) is 7.03. The molecule has 2 aromatic rings. The van der Waals surface area contributed by atoms with E-state index in [0.29, 0.717) is 28.6 Å². The van der Waals surface area contributed by atoms with Crippen LogP contribution in [0.1, 0.15) is 20.7 Å². The number of benzene rings is 2. The molecule has 5 nitrogen and oxygen atoms in total. The molecule has 0 aromatic heterocycles. The van der Waals surface area contributed by atoms with Gasteiger partial charge in [-0.2, -0.15) is 0 Å². The van der Waals surface area contributed by atoms with Gasteiger partial charge in [0.2, 0.25) is 0 Å². The largest absolute Gasteiger partial charge is 0.489 e. The molecule has 1 aliphatic heterocycles. The van der Waals surface area contributed by atoms with Crippen LogP contribution in [-0.2, 0) is 4.74 Å². The fraction of sp³-hybridized carbons (Fsp3) is 0.176. The van der Waals surface area contributed by atoms with Crippen LogP contribution in [-0.4, -0.2) is 32.1 Å². The van der Waals surface area contributed by atoms with Gasteiger partial charge in [-0.25, -0.2) is 4.79 Å². The smallest absolute Gasteiger partial charge is 0.341 e. The minimum absolute atomic E-state index is 0.173. The van der Waals surface area contributed by atoms with Gasteiger partial charge in [-0.1, -0.05) is 29.8 Å². The van der Waals surface area contributed by atoms with E-state index in [-0.39, 0.29) is 18.1 Å². The zero-order valence-corrected chi connectivity index (χ0v) is 13.2. The van der Waals surface area contributed by atoms with E-state index in [1.165, 1.54) is 13.2 Å². The van der Waals surface area contributed by atoms with E-state index in [4.69, 9.17) is 21.1 Å². The Morgan fingerprint density at radius 1 is 1.22 bits per heavy atom. The second kappa shape index (κ2) is 6.30. The van der Waals surface area contributed by atoms with E-state index in [1.807, 2.05) is 6.07 Å². The number of carbonyl (C=O) groups excluding carboxylic acids is 2. The van der Waals surface area contributed by atoms with E-state index in [1.54, 1.807) is 35.2 Å². The SMILES string of the molecule is COC(=O)c1cc(Cl)cc2c1OCCN2C(=O)c1ccccc1. The van der Waals surface area contributed by atoms with Crippen LogP contribution in [0.3, 0.4) is 0 Å². The highest BCUT2D eigenvalue weighted by Gasteiger charge is 2.29. The number of halogens is 1. The van der Waals surface area contributed by atoms with Gasteiger partial charge in [0.15, 0.2) is 5.75 Å². The fourth-order valence-electron chi connectivity index (χ4n) is 2.50. The van der Waals surface area contributed by atoms with E-state index in [9.17, 15) is 9.59 Å². The molecule has 0 radical (unpaired) electrons. The van der Waals surface area contributed by atoms with Gasteiger partial charge in [-0.05, 0) is 24.3 Å². The number of hydrogen-bond acceptors (Lipinski definition) is 4. The fourth-order valence-corrected chi connectivity index (χ4v) is 2.71. The molecule has 0 atom stereocenters. The standard InChI is InChI=1S/C17H14ClNO4/c1-22-17(21)13-9-12(18)10-14-15(13)23-8-7-19(14)16(20)11-5-3-2-4-6-11/h2-6,9-10H,7-8H2,1H3. The van der Waals surface area contributed by atoms with Crippen molar-refractivity contribution in [1.82, 2.24) is 0 Å². The van der Waals surface area contributed by atoms with Crippen LogP contribution in [0.2, 0.25) is 5.02 Å². The van der Waals surface area contributed by atoms with Crippen LogP contribution in [0.4, 0.5) is 5.69 Å². The molecule has 0 N–H and O–H groups in total. The Labute approximate surface area is 138 Å². The summed E-state index contributed by atoms with van der Waals surface area (Å²) in [5, 5.41) is 0.334. The Bertz CT molecular complexity index is 761. The summed E-state index contributed by atoms with van der Waals surface area (Å²) in [5.74, 6) is -0.414. The summed E-state index contributed by atoms with van der Waals surface area (Å²) in [5.41, 5.74) is 1.23. The van der Waals surface area contributed by atoms with Crippen molar-refractivity contribution in [2.75, 3.05) is 25.2 Å². The van der Waals surface area contributed by atoms with Crippen molar-refractivity contribution in [2.45, 2.75) is 0 Å². The number of rotatable bonds is 2. The Morgan fingerprint density at radius 2 is 1.96 bits per heavy atom. The quantitative estimate of drug-likeness (QED) is 0.793. The molecule has 0 unspecified atom stereocenters. The van der Waals surface area contributed by atoms with Crippen molar-refractivity contribution >= 4 is 29.2 Å². The molecule has 0 saturated carbocycles. The number of methoxy groups -OCH3 is 1. The predicted octanol–water partition coefficient (Wildman–Crippen LogP) is 3.17. The lowest BCUT2D eigenvalue weighted by Gasteiger charge is -2.30. The molecule has 6 heteroatoms. The van der Waals surface area contributed by atoms with Crippen molar-refractivity contribution in [3.8, 4) is 5.75 Å². The van der Waals surface area contributed by atoms with Crippen LogP contribution in [0.15, 0.2) is 42.5 Å². The second-order valence-corrected chi connectivity index (χ2v) is 5.40. The maximum Gasteiger partial charge on any atom is 0.341 e. The number of esters is 1. The first kappa shape index (κ1) is 15.4. The average Bonchev–Trinajstić information content (AvgIpc) is 2.60. The maximum absolute atomic E-state index is 12.7. The molecule has 1 heterocycles. The molecule has 2 aromatic carbocycles. The number of nitrogens with zero attached hydrogens (tertiary/aromatic N) is 1. The monoisotopic (exact) mass is 331 g/mol. The van der Waals surface area contributed by atoms with Crippen LogP contribution in [0.25, 0.3) is 0 Å². The molecule has 23 heavy (non-hydrogen) atoms. The minimum Gasteiger partial charge on any atom is -0.489 e. The zero-order chi connectivity index (χ0) is 16.4. The Balaban J connectivity index is 2.07. The Morgan fingerprint density at radius 3 is 2.65 bits per heavy atom. The summed E-state index contributed by atoms with van der Waals surface area (Å²) in [7, 11) is 1.28. The molecule has 118 valence electrons. The van der Waals surface area contributed by atoms with Gasteiger partial charge in [-0.3, -0.25) is 4.79 Å².